The summed E-state index contributed by atoms with van der Waals surface area (Å²) in [5.41, 5.74) is 7.23. The molecule has 5 heteroatoms. The highest BCUT2D eigenvalue weighted by atomic mass is 16.5. The topological polar surface area (TPSA) is 68.5 Å². The average Bonchev–Trinajstić information content (AvgIpc) is 2.23. The Bertz CT molecular complexity index is 392. The minimum absolute atomic E-state index is 0.0575. The van der Waals surface area contributed by atoms with Crippen molar-refractivity contribution in [3.8, 4) is 0 Å². The lowest BCUT2D eigenvalue weighted by Crippen LogP contribution is -2.42. The standard InChI is InChI=1S/C10H13N3O2/c1-7-4-9(12-5-8(7)11)13-2-3-15-6-10(13)14/h4-5H,2-3,6,11H2,1H3. The van der Waals surface area contributed by atoms with Gasteiger partial charge in [0.15, 0.2) is 0 Å². The van der Waals surface area contributed by atoms with E-state index in [1.807, 2.05) is 13.0 Å². The molecule has 0 bridgehead atoms. The molecule has 1 amide bonds. The molecule has 15 heavy (non-hydrogen) atoms. The number of morpholine rings is 1. The largest absolute Gasteiger partial charge is 0.397 e. The highest BCUT2D eigenvalue weighted by Gasteiger charge is 2.21. The first-order chi connectivity index (χ1) is 7.18. The van der Waals surface area contributed by atoms with Crippen LogP contribution in [0.15, 0.2) is 12.3 Å². The third-order valence-electron chi connectivity index (χ3n) is 2.40. The summed E-state index contributed by atoms with van der Waals surface area (Å²) < 4.78 is 5.04. The third kappa shape index (κ3) is 1.92. The maximum Gasteiger partial charge on any atom is 0.254 e. The molecule has 0 spiro atoms. The number of aromatic nitrogens is 1. The molecule has 0 unspecified atom stereocenters. The van der Waals surface area contributed by atoms with Gasteiger partial charge in [-0.2, -0.15) is 0 Å². The molecule has 1 fully saturated rings. The van der Waals surface area contributed by atoms with E-state index in [2.05, 4.69) is 4.98 Å². The Kier molecular flexibility index (Phi) is 2.55. The van der Waals surface area contributed by atoms with Crippen molar-refractivity contribution < 1.29 is 9.53 Å². The molecule has 0 radical (unpaired) electrons. The fraction of sp³-hybridized carbons (Fsp3) is 0.400. The summed E-state index contributed by atoms with van der Waals surface area (Å²) in [6, 6.07) is 1.82. The molecule has 2 N–H and O–H groups in total. The predicted octanol–water partition coefficient (Wildman–Crippen LogP) is 0.335. The van der Waals surface area contributed by atoms with Crippen molar-refractivity contribution in [2.24, 2.45) is 0 Å². The number of ether oxygens (including phenoxy) is 1. The quantitative estimate of drug-likeness (QED) is 0.720. The van der Waals surface area contributed by atoms with Gasteiger partial charge in [-0.05, 0) is 18.6 Å². The Morgan fingerprint density at radius 2 is 2.40 bits per heavy atom. The molecule has 5 nitrogen and oxygen atoms in total. The van der Waals surface area contributed by atoms with Gasteiger partial charge in [0.25, 0.3) is 5.91 Å². The number of carbonyl (C=O) groups excluding carboxylic acids is 1. The Morgan fingerprint density at radius 3 is 3.07 bits per heavy atom. The van der Waals surface area contributed by atoms with Crippen LogP contribution < -0.4 is 10.6 Å². The zero-order valence-corrected chi connectivity index (χ0v) is 8.56. The summed E-state index contributed by atoms with van der Waals surface area (Å²) in [6.45, 7) is 3.13. The fourth-order valence-electron chi connectivity index (χ4n) is 1.46. The molecule has 1 saturated heterocycles. The maximum atomic E-state index is 11.5. The number of anilines is 2. The molecule has 1 aromatic heterocycles. The van der Waals surface area contributed by atoms with Crippen LogP contribution in [0.3, 0.4) is 0 Å². The van der Waals surface area contributed by atoms with Gasteiger partial charge < -0.3 is 10.5 Å². The molecule has 1 aliphatic heterocycles. The Labute approximate surface area is 87.8 Å². The van der Waals surface area contributed by atoms with Crippen molar-refractivity contribution in [3.63, 3.8) is 0 Å². The molecule has 80 valence electrons. The summed E-state index contributed by atoms with van der Waals surface area (Å²) in [4.78, 5) is 17.3. The first kappa shape index (κ1) is 9.92. The van der Waals surface area contributed by atoms with E-state index in [1.54, 1.807) is 11.1 Å². The summed E-state index contributed by atoms with van der Waals surface area (Å²) in [5, 5.41) is 0. The highest BCUT2D eigenvalue weighted by molar-refractivity contribution is 5.94. The lowest BCUT2D eigenvalue weighted by atomic mass is 10.2. The zero-order chi connectivity index (χ0) is 10.8. The summed E-state index contributed by atoms with van der Waals surface area (Å²) in [6.07, 6.45) is 1.58. The monoisotopic (exact) mass is 207 g/mol. The number of carbonyl (C=O) groups is 1. The molecule has 0 aromatic carbocycles. The van der Waals surface area contributed by atoms with Crippen LogP contribution in [-0.4, -0.2) is 30.6 Å². The number of amides is 1. The molecule has 2 heterocycles. The average molecular weight is 207 g/mol. The van der Waals surface area contributed by atoms with Crippen LogP contribution in [0, 0.1) is 6.92 Å². The Hall–Kier alpha value is -1.62. The van der Waals surface area contributed by atoms with Crippen LogP contribution in [0.4, 0.5) is 11.5 Å². The van der Waals surface area contributed by atoms with E-state index in [9.17, 15) is 4.79 Å². The Balaban J connectivity index is 2.28. The van der Waals surface area contributed by atoms with Crippen LogP contribution in [-0.2, 0) is 9.53 Å². The van der Waals surface area contributed by atoms with Gasteiger partial charge in [0.1, 0.15) is 12.4 Å². The Morgan fingerprint density at radius 1 is 1.60 bits per heavy atom. The molecule has 1 aromatic rings. The summed E-state index contributed by atoms with van der Waals surface area (Å²) in [5.74, 6) is 0.591. The van der Waals surface area contributed by atoms with Crippen LogP contribution >= 0.6 is 0 Å². The molecule has 1 aliphatic rings. The molecule has 0 aliphatic carbocycles. The minimum Gasteiger partial charge on any atom is -0.397 e. The van der Waals surface area contributed by atoms with Crippen LogP contribution in [0.25, 0.3) is 0 Å². The number of rotatable bonds is 1. The number of pyridine rings is 1. The van der Waals surface area contributed by atoms with Gasteiger partial charge in [-0.3, -0.25) is 9.69 Å². The number of nitrogens with zero attached hydrogens (tertiary/aromatic N) is 2. The van der Waals surface area contributed by atoms with E-state index in [0.717, 1.165) is 5.56 Å². The second kappa shape index (κ2) is 3.86. The van der Waals surface area contributed by atoms with E-state index >= 15 is 0 Å². The fourth-order valence-corrected chi connectivity index (χ4v) is 1.46. The molecule has 2 rings (SSSR count). The summed E-state index contributed by atoms with van der Waals surface area (Å²) in [7, 11) is 0. The second-order valence-corrected chi connectivity index (χ2v) is 3.50. The minimum atomic E-state index is -0.0575. The van der Waals surface area contributed by atoms with Gasteiger partial charge >= 0.3 is 0 Å². The lowest BCUT2D eigenvalue weighted by Gasteiger charge is -2.26. The molecule has 0 atom stereocenters. The van der Waals surface area contributed by atoms with Crippen LogP contribution in [0.1, 0.15) is 5.56 Å². The highest BCUT2D eigenvalue weighted by Crippen LogP contribution is 2.18. The van der Waals surface area contributed by atoms with Crippen molar-refractivity contribution in [2.45, 2.75) is 6.92 Å². The van der Waals surface area contributed by atoms with Crippen molar-refractivity contribution >= 4 is 17.4 Å². The third-order valence-corrected chi connectivity index (χ3v) is 2.40. The van der Waals surface area contributed by atoms with E-state index in [0.29, 0.717) is 24.7 Å². The van der Waals surface area contributed by atoms with Crippen LogP contribution in [0.2, 0.25) is 0 Å². The van der Waals surface area contributed by atoms with Crippen molar-refractivity contribution in [1.82, 2.24) is 4.98 Å². The number of aryl methyl sites for hydroxylation is 1. The van der Waals surface area contributed by atoms with Gasteiger partial charge in [0, 0.05) is 0 Å². The zero-order valence-electron chi connectivity index (χ0n) is 8.56. The number of hydrogen-bond acceptors (Lipinski definition) is 4. The van der Waals surface area contributed by atoms with E-state index in [-0.39, 0.29) is 12.5 Å². The van der Waals surface area contributed by atoms with Gasteiger partial charge in [-0.1, -0.05) is 0 Å². The predicted molar refractivity (Wildman–Crippen MR) is 56.6 cm³/mol. The van der Waals surface area contributed by atoms with Gasteiger partial charge in [-0.25, -0.2) is 4.98 Å². The number of hydrogen-bond donors (Lipinski definition) is 1. The first-order valence-electron chi connectivity index (χ1n) is 4.78. The van der Waals surface area contributed by atoms with Crippen LogP contribution in [0.5, 0.6) is 0 Å². The van der Waals surface area contributed by atoms with E-state index in [1.165, 1.54) is 0 Å². The van der Waals surface area contributed by atoms with Gasteiger partial charge in [-0.15, -0.1) is 0 Å². The number of nitrogens with two attached hydrogens (primary N) is 1. The van der Waals surface area contributed by atoms with E-state index in [4.69, 9.17) is 10.5 Å². The number of nitrogen functional groups attached to an aromatic ring is 1. The normalized spacial score (nSPS) is 16.9. The van der Waals surface area contributed by atoms with Crippen molar-refractivity contribution in [2.75, 3.05) is 30.4 Å². The van der Waals surface area contributed by atoms with E-state index < -0.39 is 0 Å². The lowest BCUT2D eigenvalue weighted by molar-refractivity contribution is -0.125. The van der Waals surface area contributed by atoms with Crippen molar-refractivity contribution in [3.05, 3.63) is 17.8 Å². The summed E-state index contributed by atoms with van der Waals surface area (Å²) >= 11 is 0. The molecular formula is C10H13N3O2. The smallest absolute Gasteiger partial charge is 0.254 e. The second-order valence-electron chi connectivity index (χ2n) is 3.50. The van der Waals surface area contributed by atoms with Gasteiger partial charge in [0.2, 0.25) is 0 Å². The van der Waals surface area contributed by atoms with Crippen molar-refractivity contribution in [1.29, 1.82) is 0 Å². The molecular weight excluding hydrogens is 194 g/mol. The molecule has 0 saturated carbocycles. The maximum absolute atomic E-state index is 11.5. The van der Waals surface area contributed by atoms with Gasteiger partial charge in [0.05, 0.1) is 25.0 Å². The first-order valence-corrected chi connectivity index (χ1v) is 4.78. The SMILES string of the molecule is Cc1cc(N2CCOCC2=O)ncc1N.